The summed E-state index contributed by atoms with van der Waals surface area (Å²) in [6.07, 6.45) is 9.80. The number of nitrogens with one attached hydrogen (secondary N) is 1. The quantitative estimate of drug-likeness (QED) is 0.867. The summed E-state index contributed by atoms with van der Waals surface area (Å²) in [5, 5.41) is 6.83. The zero-order chi connectivity index (χ0) is 11.5. The molecule has 5 heteroatoms. The van der Waals surface area contributed by atoms with Gasteiger partial charge in [0.25, 0.3) is 0 Å². The molecule has 5 nitrogen and oxygen atoms in total. The second kappa shape index (κ2) is 4.63. The standard InChI is InChI=1S/C12H15N5/c1-3-11(12-13-4-2-5-14-12)17(6-1)9-10-7-15-16-8-10/h2,4-5,7-8,11H,1,3,6,9H2,(H,15,16). The van der Waals surface area contributed by atoms with Gasteiger partial charge in [-0.3, -0.25) is 10.00 Å². The van der Waals surface area contributed by atoms with Crippen molar-refractivity contribution in [3.05, 3.63) is 42.2 Å². The van der Waals surface area contributed by atoms with Gasteiger partial charge in [-0.05, 0) is 25.5 Å². The van der Waals surface area contributed by atoms with Crippen molar-refractivity contribution in [2.45, 2.75) is 25.4 Å². The molecule has 1 N–H and O–H groups in total. The van der Waals surface area contributed by atoms with Crippen LogP contribution in [0.15, 0.2) is 30.9 Å². The largest absolute Gasteiger partial charge is 0.289 e. The van der Waals surface area contributed by atoms with E-state index in [-0.39, 0.29) is 0 Å². The van der Waals surface area contributed by atoms with Gasteiger partial charge in [0.2, 0.25) is 0 Å². The van der Waals surface area contributed by atoms with Gasteiger partial charge in [0.1, 0.15) is 5.82 Å². The highest BCUT2D eigenvalue weighted by Crippen LogP contribution is 2.30. The van der Waals surface area contributed by atoms with Crippen molar-refractivity contribution in [2.24, 2.45) is 0 Å². The van der Waals surface area contributed by atoms with Crippen molar-refractivity contribution in [1.29, 1.82) is 0 Å². The SMILES string of the molecule is c1cnc(C2CCCN2Cc2cn[nH]c2)nc1. The molecule has 1 unspecified atom stereocenters. The van der Waals surface area contributed by atoms with E-state index in [9.17, 15) is 0 Å². The highest BCUT2D eigenvalue weighted by Gasteiger charge is 2.27. The molecule has 2 aromatic rings. The lowest BCUT2D eigenvalue weighted by atomic mass is 10.2. The van der Waals surface area contributed by atoms with E-state index in [0.717, 1.165) is 25.3 Å². The normalized spacial score (nSPS) is 20.8. The van der Waals surface area contributed by atoms with Gasteiger partial charge < -0.3 is 0 Å². The van der Waals surface area contributed by atoms with E-state index in [2.05, 4.69) is 25.1 Å². The molecule has 0 saturated carbocycles. The van der Waals surface area contributed by atoms with Crippen LogP contribution in [0.3, 0.4) is 0 Å². The van der Waals surface area contributed by atoms with Gasteiger partial charge in [0, 0.05) is 30.7 Å². The summed E-state index contributed by atoms with van der Waals surface area (Å²) < 4.78 is 0. The third-order valence-corrected chi connectivity index (χ3v) is 3.19. The first kappa shape index (κ1) is 10.4. The van der Waals surface area contributed by atoms with E-state index < -0.39 is 0 Å². The van der Waals surface area contributed by atoms with Crippen molar-refractivity contribution in [3.63, 3.8) is 0 Å². The first-order valence-corrected chi connectivity index (χ1v) is 5.92. The van der Waals surface area contributed by atoms with Gasteiger partial charge in [-0.15, -0.1) is 0 Å². The van der Waals surface area contributed by atoms with Crippen LogP contribution in [0.1, 0.15) is 30.3 Å². The van der Waals surface area contributed by atoms with E-state index in [1.54, 1.807) is 0 Å². The lowest BCUT2D eigenvalue weighted by Crippen LogP contribution is -2.23. The fourth-order valence-corrected chi connectivity index (χ4v) is 2.39. The maximum absolute atomic E-state index is 4.36. The summed E-state index contributed by atoms with van der Waals surface area (Å²) in [4.78, 5) is 11.1. The predicted octanol–water partition coefficient (Wildman–Crippen LogP) is 1.54. The highest BCUT2D eigenvalue weighted by molar-refractivity contribution is 5.06. The third-order valence-electron chi connectivity index (χ3n) is 3.19. The van der Waals surface area contributed by atoms with Crippen LogP contribution in [0, 0.1) is 0 Å². The number of aromatic nitrogens is 4. The van der Waals surface area contributed by atoms with Gasteiger partial charge in [-0.1, -0.05) is 0 Å². The van der Waals surface area contributed by atoms with E-state index >= 15 is 0 Å². The fraction of sp³-hybridized carbons (Fsp3) is 0.417. The summed E-state index contributed by atoms with van der Waals surface area (Å²) in [6.45, 7) is 2.02. The number of H-pyrrole nitrogens is 1. The van der Waals surface area contributed by atoms with Crippen molar-refractivity contribution >= 4 is 0 Å². The van der Waals surface area contributed by atoms with Crippen LogP contribution in [0.25, 0.3) is 0 Å². The van der Waals surface area contributed by atoms with Crippen LogP contribution in [-0.2, 0) is 6.54 Å². The van der Waals surface area contributed by atoms with Crippen molar-refractivity contribution < 1.29 is 0 Å². The molecule has 1 fully saturated rings. The Morgan fingerprint density at radius 3 is 3.00 bits per heavy atom. The molecule has 1 atom stereocenters. The van der Waals surface area contributed by atoms with E-state index in [1.165, 1.54) is 12.0 Å². The van der Waals surface area contributed by atoms with Gasteiger partial charge in [0.15, 0.2) is 0 Å². The first-order valence-electron chi connectivity index (χ1n) is 5.92. The molecule has 17 heavy (non-hydrogen) atoms. The summed E-state index contributed by atoms with van der Waals surface area (Å²) in [5.74, 6) is 0.938. The number of likely N-dealkylation sites (tertiary alicyclic amines) is 1. The molecule has 0 amide bonds. The molecule has 0 radical (unpaired) electrons. The molecule has 0 bridgehead atoms. The Kier molecular flexibility index (Phi) is 2.83. The topological polar surface area (TPSA) is 57.7 Å². The van der Waals surface area contributed by atoms with Gasteiger partial charge in [0.05, 0.1) is 12.2 Å². The number of nitrogens with zero attached hydrogens (tertiary/aromatic N) is 4. The Labute approximate surface area is 99.9 Å². The molecule has 2 aromatic heterocycles. The van der Waals surface area contributed by atoms with Crippen LogP contribution >= 0.6 is 0 Å². The van der Waals surface area contributed by atoms with Crippen molar-refractivity contribution in [3.8, 4) is 0 Å². The predicted molar refractivity (Wildman–Crippen MR) is 63.0 cm³/mol. The number of hydrogen-bond donors (Lipinski definition) is 1. The average molecular weight is 229 g/mol. The summed E-state index contributed by atoms with van der Waals surface area (Å²) >= 11 is 0. The zero-order valence-electron chi connectivity index (χ0n) is 9.58. The maximum Gasteiger partial charge on any atom is 0.145 e. The number of hydrogen-bond acceptors (Lipinski definition) is 4. The van der Waals surface area contributed by atoms with Crippen LogP contribution in [0.2, 0.25) is 0 Å². The van der Waals surface area contributed by atoms with E-state index in [0.29, 0.717) is 6.04 Å². The Bertz CT molecular complexity index is 453. The Morgan fingerprint density at radius 2 is 2.24 bits per heavy atom. The maximum atomic E-state index is 4.36. The minimum Gasteiger partial charge on any atom is -0.289 e. The minimum atomic E-state index is 0.353. The van der Waals surface area contributed by atoms with Crippen LogP contribution in [0.4, 0.5) is 0 Å². The second-order valence-electron chi connectivity index (χ2n) is 4.34. The average Bonchev–Trinajstić information content (AvgIpc) is 3.02. The summed E-state index contributed by atoms with van der Waals surface area (Å²) in [6, 6.07) is 2.21. The Hall–Kier alpha value is -1.75. The molecule has 3 heterocycles. The third kappa shape index (κ3) is 2.19. The second-order valence-corrected chi connectivity index (χ2v) is 4.34. The lowest BCUT2D eigenvalue weighted by Gasteiger charge is -2.22. The molecule has 3 rings (SSSR count). The van der Waals surface area contributed by atoms with Gasteiger partial charge >= 0.3 is 0 Å². The van der Waals surface area contributed by atoms with E-state index in [4.69, 9.17) is 0 Å². The lowest BCUT2D eigenvalue weighted by molar-refractivity contribution is 0.240. The molecular weight excluding hydrogens is 214 g/mol. The first-order chi connectivity index (χ1) is 8.43. The van der Waals surface area contributed by atoms with Gasteiger partial charge in [-0.2, -0.15) is 5.10 Å². The minimum absolute atomic E-state index is 0.353. The molecule has 1 aliphatic heterocycles. The Morgan fingerprint density at radius 1 is 1.35 bits per heavy atom. The highest BCUT2D eigenvalue weighted by atomic mass is 15.2. The van der Waals surface area contributed by atoms with Gasteiger partial charge in [-0.25, -0.2) is 9.97 Å². The molecule has 0 aliphatic carbocycles. The monoisotopic (exact) mass is 229 g/mol. The van der Waals surface area contributed by atoms with Crippen molar-refractivity contribution in [1.82, 2.24) is 25.1 Å². The number of aromatic amines is 1. The molecule has 0 spiro atoms. The Balaban J connectivity index is 1.76. The molecule has 0 aromatic carbocycles. The van der Waals surface area contributed by atoms with Crippen molar-refractivity contribution in [2.75, 3.05) is 6.54 Å². The summed E-state index contributed by atoms with van der Waals surface area (Å²) in [7, 11) is 0. The zero-order valence-corrected chi connectivity index (χ0v) is 9.58. The van der Waals surface area contributed by atoms with Crippen LogP contribution < -0.4 is 0 Å². The molecule has 1 saturated heterocycles. The molecular formula is C12H15N5. The summed E-state index contributed by atoms with van der Waals surface area (Å²) in [5.41, 5.74) is 1.22. The molecule has 88 valence electrons. The smallest absolute Gasteiger partial charge is 0.145 e. The number of rotatable bonds is 3. The fourth-order valence-electron chi connectivity index (χ4n) is 2.39. The van der Waals surface area contributed by atoms with E-state index in [1.807, 2.05) is 30.9 Å². The van der Waals surface area contributed by atoms with Crippen LogP contribution in [0.5, 0.6) is 0 Å². The molecule has 1 aliphatic rings. The van der Waals surface area contributed by atoms with Crippen LogP contribution in [-0.4, -0.2) is 31.6 Å².